The monoisotopic (exact) mass is 446 g/mol. The van der Waals surface area contributed by atoms with Gasteiger partial charge in [0.05, 0.1) is 13.2 Å². The van der Waals surface area contributed by atoms with Gasteiger partial charge in [0.1, 0.15) is 11.5 Å². The summed E-state index contributed by atoms with van der Waals surface area (Å²) in [5, 5.41) is 2.90. The number of rotatable bonds is 8. The Morgan fingerprint density at radius 2 is 1.45 bits per heavy atom. The summed E-state index contributed by atoms with van der Waals surface area (Å²) in [5.41, 5.74) is 6.77. The maximum atomic E-state index is 12.7. The Labute approximate surface area is 192 Å². The molecule has 3 aromatic carbocycles. The fourth-order valence-electron chi connectivity index (χ4n) is 3.73. The van der Waals surface area contributed by atoms with Crippen molar-refractivity contribution >= 4 is 17.5 Å². The number of nitrogens with two attached hydrogens (primary N) is 1. The van der Waals surface area contributed by atoms with Gasteiger partial charge in [0.15, 0.2) is 11.5 Å². The molecule has 0 heterocycles. The van der Waals surface area contributed by atoms with Crippen LogP contribution in [-0.2, 0) is 0 Å². The van der Waals surface area contributed by atoms with Gasteiger partial charge in [-0.15, -0.1) is 0 Å². The van der Waals surface area contributed by atoms with E-state index in [4.69, 9.17) is 19.9 Å². The van der Waals surface area contributed by atoms with Crippen LogP contribution in [0.3, 0.4) is 0 Å². The lowest BCUT2D eigenvalue weighted by molar-refractivity contribution is 0.0997. The highest BCUT2D eigenvalue weighted by atomic mass is 16.5. The van der Waals surface area contributed by atoms with Crippen molar-refractivity contribution in [3.8, 4) is 23.0 Å². The van der Waals surface area contributed by atoms with Crippen LogP contribution >= 0.6 is 0 Å². The molecule has 3 aromatic rings. The first-order valence-electron chi connectivity index (χ1n) is 10.9. The fraction of sp³-hybridized carbons (Fsp3) is 0.231. The summed E-state index contributed by atoms with van der Waals surface area (Å²) in [4.78, 5) is 23.9. The third-order valence-electron chi connectivity index (χ3n) is 5.51. The average molecular weight is 447 g/mol. The van der Waals surface area contributed by atoms with Crippen molar-refractivity contribution in [3.05, 3.63) is 77.9 Å². The average Bonchev–Trinajstić information content (AvgIpc) is 3.33. The Balaban J connectivity index is 1.40. The summed E-state index contributed by atoms with van der Waals surface area (Å²) < 4.78 is 17.3. The maximum Gasteiger partial charge on any atom is 0.255 e. The van der Waals surface area contributed by atoms with E-state index in [0.717, 1.165) is 12.8 Å². The topological polar surface area (TPSA) is 99.9 Å². The van der Waals surface area contributed by atoms with Gasteiger partial charge < -0.3 is 25.3 Å². The van der Waals surface area contributed by atoms with Crippen molar-refractivity contribution < 1.29 is 23.8 Å². The molecule has 0 unspecified atom stereocenters. The second-order valence-electron chi connectivity index (χ2n) is 7.86. The lowest BCUT2D eigenvalue weighted by Crippen LogP contribution is -2.14. The molecule has 1 saturated carbocycles. The van der Waals surface area contributed by atoms with E-state index < -0.39 is 5.91 Å². The molecule has 1 fully saturated rings. The first-order valence-corrected chi connectivity index (χ1v) is 10.9. The van der Waals surface area contributed by atoms with Crippen LogP contribution in [0.4, 0.5) is 5.69 Å². The quantitative estimate of drug-likeness (QED) is 0.498. The molecule has 0 bridgehead atoms. The van der Waals surface area contributed by atoms with Crippen LogP contribution in [0.25, 0.3) is 0 Å². The standard InChI is InChI=1S/C26H26N2O5/c1-31-23-15-10-19(16-24(23)33-20-4-2-3-5-20)28-26(30)18-8-13-22(14-9-18)32-21-11-6-17(7-12-21)25(27)29/h6-16,20H,2-5H2,1H3,(H2,27,29)(H,28,30). The Bertz CT molecular complexity index is 1120. The number of carbonyl (C=O) groups is 2. The number of anilines is 1. The largest absolute Gasteiger partial charge is 0.493 e. The van der Waals surface area contributed by atoms with E-state index in [9.17, 15) is 9.59 Å². The minimum atomic E-state index is -0.494. The van der Waals surface area contributed by atoms with Crippen molar-refractivity contribution in [2.45, 2.75) is 31.8 Å². The van der Waals surface area contributed by atoms with E-state index >= 15 is 0 Å². The van der Waals surface area contributed by atoms with E-state index in [0.29, 0.717) is 39.8 Å². The number of nitrogens with one attached hydrogen (secondary N) is 1. The van der Waals surface area contributed by atoms with E-state index in [2.05, 4.69) is 5.32 Å². The van der Waals surface area contributed by atoms with Crippen LogP contribution in [0.1, 0.15) is 46.4 Å². The molecular formula is C26H26N2O5. The van der Waals surface area contributed by atoms with Gasteiger partial charge in [0.25, 0.3) is 5.91 Å². The van der Waals surface area contributed by atoms with E-state index in [1.165, 1.54) is 12.8 Å². The Kier molecular flexibility index (Phi) is 6.78. The molecule has 1 aliphatic carbocycles. The molecule has 1 aliphatic rings. The molecule has 0 atom stereocenters. The van der Waals surface area contributed by atoms with Crippen molar-refractivity contribution in [2.24, 2.45) is 5.73 Å². The molecule has 7 nitrogen and oxygen atoms in total. The molecule has 3 N–H and O–H groups in total. The van der Waals surface area contributed by atoms with Crippen molar-refractivity contribution in [2.75, 3.05) is 12.4 Å². The third kappa shape index (κ3) is 5.63. The van der Waals surface area contributed by atoms with Gasteiger partial charge in [-0.25, -0.2) is 0 Å². The molecule has 170 valence electrons. The van der Waals surface area contributed by atoms with Crippen molar-refractivity contribution in [1.82, 2.24) is 0 Å². The number of methoxy groups -OCH3 is 1. The molecule has 33 heavy (non-hydrogen) atoms. The van der Waals surface area contributed by atoms with Gasteiger partial charge in [-0.2, -0.15) is 0 Å². The molecule has 4 rings (SSSR count). The van der Waals surface area contributed by atoms with Gasteiger partial charge in [0.2, 0.25) is 5.91 Å². The zero-order chi connectivity index (χ0) is 23.2. The zero-order valence-corrected chi connectivity index (χ0v) is 18.4. The second-order valence-corrected chi connectivity index (χ2v) is 7.86. The molecule has 0 aromatic heterocycles. The third-order valence-corrected chi connectivity index (χ3v) is 5.51. The van der Waals surface area contributed by atoms with E-state index in [1.807, 2.05) is 0 Å². The summed E-state index contributed by atoms with van der Waals surface area (Å²) in [5.74, 6) is 1.66. The highest BCUT2D eigenvalue weighted by molar-refractivity contribution is 6.04. The van der Waals surface area contributed by atoms with E-state index in [-0.39, 0.29) is 12.0 Å². The zero-order valence-electron chi connectivity index (χ0n) is 18.4. The van der Waals surface area contributed by atoms with Crippen molar-refractivity contribution in [1.29, 1.82) is 0 Å². The summed E-state index contributed by atoms with van der Waals surface area (Å²) in [6, 6.07) is 18.7. The normalized spacial score (nSPS) is 13.4. The molecule has 0 saturated heterocycles. The van der Waals surface area contributed by atoms with Crippen molar-refractivity contribution in [3.63, 3.8) is 0 Å². The summed E-state index contributed by atoms with van der Waals surface area (Å²) in [6.45, 7) is 0. The first kappa shape index (κ1) is 22.2. The Morgan fingerprint density at radius 3 is 2.03 bits per heavy atom. The van der Waals surface area contributed by atoms with Crippen LogP contribution in [0, 0.1) is 0 Å². The highest BCUT2D eigenvalue weighted by Gasteiger charge is 2.19. The van der Waals surface area contributed by atoms with Crippen LogP contribution in [0.5, 0.6) is 23.0 Å². The molecule has 0 radical (unpaired) electrons. The van der Waals surface area contributed by atoms with Gasteiger partial charge in [-0.05, 0) is 86.3 Å². The molecular weight excluding hydrogens is 420 g/mol. The number of carbonyl (C=O) groups excluding carboxylic acids is 2. The predicted octanol–water partition coefficient (Wildman–Crippen LogP) is 5.16. The van der Waals surface area contributed by atoms with Gasteiger partial charge in [-0.1, -0.05) is 0 Å². The van der Waals surface area contributed by atoms with Crippen LogP contribution < -0.4 is 25.3 Å². The van der Waals surface area contributed by atoms with Gasteiger partial charge >= 0.3 is 0 Å². The second kappa shape index (κ2) is 10.1. The molecule has 0 aliphatic heterocycles. The number of primary amides is 1. The number of hydrogen-bond donors (Lipinski definition) is 2. The SMILES string of the molecule is COc1ccc(NC(=O)c2ccc(Oc3ccc(C(N)=O)cc3)cc2)cc1OC1CCCC1. The number of ether oxygens (including phenoxy) is 3. The molecule has 2 amide bonds. The lowest BCUT2D eigenvalue weighted by atomic mass is 10.2. The smallest absolute Gasteiger partial charge is 0.255 e. The Hall–Kier alpha value is -4.00. The summed E-state index contributed by atoms with van der Waals surface area (Å²) >= 11 is 0. The maximum absolute atomic E-state index is 12.7. The summed E-state index contributed by atoms with van der Waals surface area (Å²) in [6.07, 6.45) is 4.58. The van der Waals surface area contributed by atoms with Crippen LogP contribution in [-0.4, -0.2) is 25.0 Å². The number of amides is 2. The Morgan fingerprint density at radius 1 is 0.848 bits per heavy atom. The van der Waals surface area contributed by atoms with E-state index in [1.54, 1.807) is 73.8 Å². The van der Waals surface area contributed by atoms with Gasteiger partial charge in [-0.3, -0.25) is 9.59 Å². The molecule has 0 spiro atoms. The minimum absolute atomic E-state index is 0.185. The minimum Gasteiger partial charge on any atom is -0.493 e. The first-order chi connectivity index (χ1) is 16.0. The fourth-order valence-corrected chi connectivity index (χ4v) is 3.73. The number of benzene rings is 3. The van der Waals surface area contributed by atoms with Crippen LogP contribution in [0.15, 0.2) is 66.7 Å². The molecule has 7 heteroatoms. The predicted molar refractivity (Wildman–Crippen MR) is 125 cm³/mol. The summed E-state index contributed by atoms with van der Waals surface area (Å²) in [7, 11) is 1.60. The highest BCUT2D eigenvalue weighted by Crippen LogP contribution is 2.34. The van der Waals surface area contributed by atoms with Gasteiger partial charge in [0, 0.05) is 22.9 Å². The van der Waals surface area contributed by atoms with Crippen LogP contribution in [0.2, 0.25) is 0 Å². The lowest BCUT2D eigenvalue weighted by Gasteiger charge is -2.17. The number of hydrogen-bond acceptors (Lipinski definition) is 5.